The second-order valence-corrected chi connectivity index (χ2v) is 4.36. The molecule has 0 aliphatic rings. The molecule has 0 radical (unpaired) electrons. The van der Waals surface area contributed by atoms with Gasteiger partial charge in [0.15, 0.2) is 0 Å². The highest BCUT2D eigenvalue weighted by molar-refractivity contribution is 5.58. The number of nitrogens with zero attached hydrogens (tertiary/aromatic N) is 2. The lowest BCUT2D eigenvalue weighted by atomic mass is 10.2. The third-order valence-corrected chi connectivity index (χ3v) is 3.07. The Morgan fingerprint density at radius 2 is 1.68 bits per heavy atom. The first kappa shape index (κ1) is 11.7. The lowest BCUT2D eigenvalue weighted by molar-refractivity contribution is 0.282. The maximum atomic E-state index is 9.03. The zero-order chi connectivity index (χ0) is 13.1. The number of benzene rings is 2. The average Bonchev–Trinajstić information content (AvgIpc) is 2.98. The minimum Gasteiger partial charge on any atom is -0.392 e. The first-order chi connectivity index (χ1) is 9.36. The van der Waals surface area contributed by atoms with Crippen LogP contribution in [0.15, 0.2) is 67.1 Å². The second-order valence-electron chi connectivity index (χ2n) is 4.36. The Morgan fingerprint density at radius 3 is 2.37 bits per heavy atom. The molecular weight excluding hydrogens is 236 g/mol. The number of imidazole rings is 1. The zero-order valence-corrected chi connectivity index (χ0v) is 10.4. The Labute approximate surface area is 111 Å². The number of aliphatic hydroxyl groups is 1. The van der Waals surface area contributed by atoms with E-state index in [2.05, 4.69) is 4.98 Å². The van der Waals surface area contributed by atoms with Gasteiger partial charge in [0.25, 0.3) is 0 Å². The summed E-state index contributed by atoms with van der Waals surface area (Å²) in [5.41, 5.74) is 4.00. The predicted molar refractivity (Wildman–Crippen MR) is 74.9 cm³/mol. The van der Waals surface area contributed by atoms with Crippen molar-refractivity contribution in [2.45, 2.75) is 6.61 Å². The molecule has 3 rings (SSSR count). The van der Waals surface area contributed by atoms with Crippen LogP contribution in [-0.2, 0) is 6.61 Å². The molecule has 0 aliphatic carbocycles. The molecule has 0 atom stereocenters. The van der Waals surface area contributed by atoms with Crippen molar-refractivity contribution in [1.82, 2.24) is 9.55 Å². The average molecular weight is 250 g/mol. The lowest BCUT2D eigenvalue weighted by Gasteiger charge is -2.02. The van der Waals surface area contributed by atoms with E-state index < -0.39 is 0 Å². The standard InChI is InChI=1S/C16H14N2O/c19-11-13-6-8-15(9-7-13)18-10-16(17-12-18)14-4-2-1-3-5-14/h1-10,12,19H,11H2. The SMILES string of the molecule is OCc1ccc(-n2cnc(-c3ccccc3)c2)cc1. The summed E-state index contributed by atoms with van der Waals surface area (Å²) in [6, 6.07) is 17.9. The van der Waals surface area contributed by atoms with Crippen LogP contribution in [0.4, 0.5) is 0 Å². The van der Waals surface area contributed by atoms with Crippen LogP contribution >= 0.6 is 0 Å². The van der Waals surface area contributed by atoms with Crippen LogP contribution in [0, 0.1) is 0 Å². The summed E-state index contributed by atoms with van der Waals surface area (Å²) in [6.45, 7) is 0.0689. The molecule has 0 saturated heterocycles. The van der Waals surface area contributed by atoms with Gasteiger partial charge in [0.2, 0.25) is 0 Å². The Morgan fingerprint density at radius 1 is 0.947 bits per heavy atom. The van der Waals surface area contributed by atoms with Gasteiger partial charge in [-0.15, -0.1) is 0 Å². The van der Waals surface area contributed by atoms with E-state index in [4.69, 9.17) is 5.11 Å². The highest BCUT2D eigenvalue weighted by atomic mass is 16.3. The summed E-state index contributed by atoms with van der Waals surface area (Å²) >= 11 is 0. The first-order valence-electron chi connectivity index (χ1n) is 6.16. The van der Waals surface area contributed by atoms with Gasteiger partial charge in [-0.05, 0) is 17.7 Å². The monoisotopic (exact) mass is 250 g/mol. The lowest BCUT2D eigenvalue weighted by Crippen LogP contribution is -1.90. The molecule has 0 unspecified atom stereocenters. The zero-order valence-electron chi connectivity index (χ0n) is 10.4. The van der Waals surface area contributed by atoms with E-state index >= 15 is 0 Å². The van der Waals surface area contributed by atoms with Crippen LogP contribution < -0.4 is 0 Å². The number of aliphatic hydroxyl groups excluding tert-OH is 1. The van der Waals surface area contributed by atoms with Gasteiger partial charge in [-0.2, -0.15) is 0 Å². The van der Waals surface area contributed by atoms with Crippen molar-refractivity contribution in [3.05, 3.63) is 72.7 Å². The van der Waals surface area contributed by atoms with E-state index in [1.165, 1.54) is 0 Å². The van der Waals surface area contributed by atoms with Crippen molar-refractivity contribution in [1.29, 1.82) is 0 Å². The van der Waals surface area contributed by atoms with Crippen molar-refractivity contribution in [2.24, 2.45) is 0 Å². The van der Waals surface area contributed by atoms with E-state index in [0.717, 1.165) is 22.5 Å². The highest BCUT2D eigenvalue weighted by Gasteiger charge is 2.02. The summed E-state index contributed by atoms with van der Waals surface area (Å²) in [5.74, 6) is 0. The molecule has 1 heterocycles. The van der Waals surface area contributed by atoms with Gasteiger partial charge in [0.1, 0.15) is 0 Å². The Hall–Kier alpha value is -2.39. The van der Waals surface area contributed by atoms with Gasteiger partial charge in [-0.3, -0.25) is 0 Å². The molecule has 0 spiro atoms. The number of hydrogen-bond donors (Lipinski definition) is 1. The maximum absolute atomic E-state index is 9.03. The van der Waals surface area contributed by atoms with Gasteiger partial charge >= 0.3 is 0 Å². The van der Waals surface area contributed by atoms with Gasteiger partial charge in [0.05, 0.1) is 18.6 Å². The number of rotatable bonds is 3. The molecule has 3 heteroatoms. The molecular formula is C16H14N2O. The fourth-order valence-corrected chi connectivity index (χ4v) is 2.00. The van der Waals surface area contributed by atoms with E-state index in [1.807, 2.05) is 65.4 Å². The number of hydrogen-bond acceptors (Lipinski definition) is 2. The van der Waals surface area contributed by atoms with Crippen LogP contribution in [0.25, 0.3) is 16.9 Å². The molecule has 3 nitrogen and oxygen atoms in total. The largest absolute Gasteiger partial charge is 0.392 e. The Bertz CT molecular complexity index is 657. The molecule has 1 N–H and O–H groups in total. The molecule has 3 aromatic rings. The van der Waals surface area contributed by atoms with Gasteiger partial charge in [-0.1, -0.05) is 42.5 Å². The third-order valence-electron chi connectivity index (χ3n) is 3.07. The molecule has 0 saturated carbocycles. The molecule has 2 aromatic carbocycles. The topological polar surface area (TPSA) is 38.0 Å². The highest BCUT2D eigenvalue weighted by Crippen LogP contribution is 2.18. The van der Waals surface area contributed by atoms with Crippen LogP contribution in [-0.4, -0.2) is 14.7 Å². The summed E-state index contributed by atoms with van der Waals surface area (Å²) < 4.78 is 1.98. The van der Waals surface area contributed by atoms with Crippen molar-refractivity contribution < 1.29 is 5.11 Å². The molecule has 1 aromatic heterocycles. The van der Waals surface area contributed by atoms with Crippen molar-refractivity contribution >= 4 is 0 Å². The van der Waals surface area contributed by atoms with E-state index in [0.29, 0.717) is 0 Å². The summed E-state index contributed by atoms with van der Waals surface area (Å²) in [4.78, 5) is 4.42. The van der Waals surface area contributed by atoms with Gasteiger partial charge in [0, 0.05) is 17.4 Å². The summed E-state index contributed by atoms with van der Waals surface area (Å²) in [6.07, 6.45) is 3.81. The van der Waals surface area contributed by atoms with Crippen LogP contribution in [0.2, 0.25) is 0 Å². The summed E-state index contributed by atoms with van der Waals surface area (Å²) in [5, 5.41) is 9.03. The van der Waals surface area contributed by atoms with E-state index in [-0.39, 0.29) is 6.61 Å². The Balaban J connectivity index is 1.92. The maximum Gasteiger partial charge on any atom is 0.0999 e. The fraction of sp³-hybridized carbons (Fsp3) is 0.0625. The van der Waals surface area contributed by atoms with E-state index in [9.17, 15) is 0 Å². The van der Waals surface area contributed by atoms with Crippen molar-refractivity contribution in [3.8, 4) is 16.9 Å². The normalized spacial score (nSPS) is 10.6. The van der Waals surface area contributed by atoms with Crippen LogP contribution in [0.3, 0.4) is 0 Å². The van der Waals surface area contributed by atoms with Crippen LogP contribution in [0.1, 0.15) is 5.56 Å². The second kappa shape index (κ2) is 5.08. The minimum absolute atomic E-state index is 0.0689. The van der Waals surface area contributed by atoms with Gasteiger partial charge in [-0.25, -0.2) is 4.98 Å². The number of aromatic nitrogens is 2. The minimum atomic E-state index is 0.0689. The molecule has 94 valence electrons. The fourth-order valence-electron chi connectivity index (χ4n) is 2.00. The summed E-state index contributed by atoms with van der Waals surface area (Å²) in [7, 11) is 0. The van der Waals surface area contributed by atoms with Crippen LogP contribution in [0.5, 0.6) is 0 Å². The van der Waals surface area contributed by atoms with Crippen molar-refractivity contribution in [2.75, 3.05) is 0 Å². The third kappa shape index (κ3) is 2.41. The molecule has 0 fully saturated rings. The molecule has 0 aliphatic heterocycles. The van der Waals surface area contributed by atoms with Crippen molar-refractivity contribution in [3.63, 3.8) is 0 Å². The Kier molecular flexibility index (Phi) is 3.12. The quantitative estimate of drug-likeness (QED) is 0.776. The van der Waals surface area contributed by atoms with Gasteiger partial charge < -0.3 is 9.67 Å². The first-order valence-corrected chi connectivity index (χ1v) is 6.16. The molecule has 0 amide bonds. The molecule has 0 bridgehead atoms. The molecule has 19 heavy (non-hydrogen) atoms. The predicted octanol–water partition coefficient (Wildman–Crippen LogP) is 3.03. The van der Waals surface area contributed by atoms with E-state index in [1.54, 1.807) is 6.33 Å². The smallest absolute Gasteiger partial charge is 0.0999 e.